The van der Waals surface area contributed by atoms with Gasteiger partial charge in [-0.2, -0.15) is 5.10 Å². The van der Waals surface area contributed by atoms with Crippen molar-refractivity contribution >= 4 is 5.97 Å². The third-order valence-electron chi connectivity index (χ3n) is 3.40. The van der Waals surface area contributed by atoms with E-state index >= 15 is 0 Å². The summed E-state index contributed by atoms with van der Waals surface area (Å²) in [5, 5.41) is 16.4. The first kappa shape index (κ1) is 14.3. The van der Waals surface area contributed by atoms with Crippen LogP contribution in [0.1, 0.15) is 23.9 Å². The maximum atomic E-state index is 10.8. The van der Waals surface area contributed by atoms with Gasteiger partial charge < -0.3 is 10.4 Å². The van der Waals surface area contributed by atoms with E-state index in [1.54, 1.807) is 6.92 Å². The van der Waals surface area contributed by atoms with Crippen LogP contribution in [-0.4, -0.2) is 26.9 Å². The summed E-state index contributed by atoms with van der Waals surface area (Å²) < 4.78 is 1.89. The van der Waals surface area contributed by atoms with Crippen molar-refractivity contribution in [1.82, 2.24) is 15.1 Å². The highest BCUT2D eigenvalue weighted by Crippen LogP contribution is 2.17. The highest BCUT2D eigenvalue weighted by Gasteiger charge is 2.15. The number of nitrogens with zero attached hydrogens (tertiary/aromatic N) is 2. The van der Waals surface area contributed by atoms with Crippen LogP contribution in [0.4, 0.5) is 0 Å². The summed E-state index contributed by atoms with van der Waals surface area (Å²) in [5.74, 6) is -0.851. The summed E-state index contributed by atoms with van der Waals surface area (Å²) >= 11 is 0. The van der Waals surface area contributed by atoms with Crippen LogP contribution in [0.15, 0.2) is 30.3 Å². The molecule has 5 heteroatoms. The number of benzene rings is 1. The van der Waals surface area contributed by atoms with Crippen LogP contribution in [0.25, 0.3) is 5.69 Å². The van der Waals surface area contributed by atoms with Crippen molar-refractivity contribution in [3.8, 4) is 5.69 Å². The number of nitrogens with one attached hydrogen (secondary N) is 1. The van der Waals surface area contributed by atoms with Gasteiger partial charge >= 0.3 is 5.97 Å². The fraction of sp³-hybridized carbons (Fsp3) is 0.333. The fourth-order valence-corrected chi connectivity index (χ4v) is 2.09. The predicted molar refractivity (Wildman–Crippen MR) is 77.0 cm³/mol. The topological polar surface area (TPSA) is 67.2 Å². The number of carboxylic acids is 1. The number of hydrogen-bond acceptors (Lipinski definition) is 3. The number of rotatable bonds is 5. The standard InChI is InChI=1S/C15H19N3O2/c1-10-14(9-16-11(2)15(19)20)12(3)18(17-10)13-7-5-4-6-8-13/h4-8,11,16H,9H2,1-3H3,(H,19,20). The highest BCUT2D eigenvalue weighted by molar-refractivity contribution is 5.72. The number of carboxylic acid groups (broad SMARTS) is 1. The summed E-state index contributed by atoms with van der Waals surface area (Å²) in [6.45, 7) is 6.07. The largest absolute Gasteiger partial charge is 0.480 e. The van der Waals surface area contributed by atoms with Gasteiger partial charge in [0.1, 0.15) is 6.04 Å². The number of aromatic nitrogens is 2. The Hall–Kier alpha value is -2.14. The zero-order valence-corrected chi connectivity index (χ0v) is 11.9. The Kier molecular flexibility index (Phi) is 4.20. The normalized spacial score (nSPS) is 12.3. The Morgan fingerprint density at radius 1 is 1.35 bits per heavy atom. The maximum absolute atomic E-state index is 10.8. The molecule has 1 unspecified atom stereocenters. The van der Waals surface area contributed by atoms with Crippen LogP contribution in [0.5, 0.6) is 0 Å². The molecular formula is C15H19N3O2. The van der Waals surface area contributed by atoms with Gasteiger partial charge in [-0.1, -0.05) is 18.2 Å². The molecule has 0 aliphatic rings. The molecule has 2 aromatic rings. The van der Waals surface area contributed by atoms with Gasteiger partial charge in [0.15, 0.2) is 0 Å². The van der Waals surface area contributed by atoms with Crippen LogP contribution in [0.2, 0.25) is 0 Å². The summed E-state index contributed by atoms with van der Waals surface area (Å²) in [5.41, 5.74) is 3.99. The lowest BCUT2D eigenvalue weighted by Crippen LogP contribution is -2.33. The second kappa shape index (κ2) is 5.88. The Morgan fingerprint density at radius 3 is 2.60 bits per heavy atom. The second-order valence-corrected chi connectivity index (χ2v) is 4.84. The minimum atomic E-state index is -0.851. The van der Waals surface area contributed by atoms with E-state index in [0.29, 0.717) is 6.54 Å². The van der Waals surface area contributed by atoms with Gasteiger partial charge in [-0.3, -0.25) is 4.79 Å². The molecule has 0 spiro atoms. The van der Waals surface area contributed by atoms with Gasteiger partial charge in [0, 0.05) is 17.8 Å². The molecule has 20 heavy (non-hydrogen) atoms. The van der Waals surface area contributed by atoms with Crippen molar-refractivity contribution in [3.63, 3.8) is 0 Å². The summed E-state index contributed by atoms with van der Waals surface area (Å²) in [4.78, 5) is 10.8. The summed E-state index contributed by atoms with van der Waals surface area (Å²) in [7, 11) is 0. The molecule has 0 amide bonds. The quantitative estimate of drug-likeness (QED) is 0.875. The van der Waals surface area contributed by atoms with Gasteiger partial charge in [0.25, 0.3) is 0 Å². The van der Waals surface area contributed by atoms with E-state index in [-0.39, 0.29) is 0 Å². The van der Waals surface area contributed by atoms with Gasteiger partial charge in [-0.05, 0) is 32.9 Å². The van der Waals surface area contributed by atoms with E-state index in [0.717, 1.165) is 22.6 Å². The van der Waals surface area contributed by atoms with Crippen molar-refractivity contribution in [3.05, 3.63) is 47.3 Å². The zero-order valence-electron chi connectivity index (χ0n) is 11.9. The van der Waals surface area contributed by atoms with Crippen LogP contribution < -0.4 is 5.32 Å². The van der Waals surface area contributed by atoms with Gasteiger partial charge in [0.2, 0.25) is 0 Å². The SMILES string of the molecule is Cc1nn(-c2ccccc2)c(C)c1CNC(C)C(=O)O. The van der Waals surface area contributed by atoms with Crippen LogP contribution in [-0.2, 0) is 11.3 Å². The van der Waals surface area contributed by atoms with Crippen LogP contribution >= 0.6 is 0 Å². The molecule has 0 bridgehead atoms. The maximum Gasteiger partial charge on any atom is 0.320 e. The molecule has 0 saturated heterocycles. The fourth-order valence-electron chi connectivity index (χ4n) is 2.09. The van der Waals surface area contributed by atoms with E-state index in [1.807, 2.05) is 48.9 Å². The molecule has 0 aliphatic heterocycles. The van der Waals surface area contributed by atoms with E-state index < -0.39 is 12.0 Å². The Balaban J connectivity index is 2.24. The second-order valence-electron chi connectivity index (χ2n) is 4.84. The molecule has 5 nitrogen and oxygen atoms in total. The van der Waals surface area contributed by atoms with Crippen LogP contribution in [0, 0.1) is 13.8 Å². The number of carbonyl (C=O) groups is 1. The minimum absolute atomic E-state index is 0.498. The van der Waals surface area contributed by atoms with Crippen molar-refractivity contribution in [2.75, 3.05) is 0 Å². The van der Waals surface area contributed by atoms with E-state index in [1.165, 1.54) is 0 Å². The van der Waals surface area contributed by atoms with Gasteiger partial charge in [-0.15, -0.1) is 0 Å². The first-order valence-electron chi connectivity index (χ1n) is 6.57. The molecule has 1 atom stereocenters. The monoisotopic (exact) mass is 273 g/mol. The summed E-state index contributed by atoms with van der Waals surface area (Å²) in [6.07, 6.45) is 0. The molecule has 106 valence electrons. The molecular weight excluding hydrogens is 254 g/mol. The third-order valence-corrected chi connectivity index (χ3v) is 3.40. The number of aryl methyl sites for hydroxylation is 1. The summed E-state index contributed by atoms with van der Waals surface area (Å²) in [6, 6.07) is 9.32. The lowest BCUT2D eigenvalue weighted by Gasteiger charge is -2.09. The third kappa shape index (κ3) is 2.88. The van der Waals surface area contributed by atoms with E-state index in [4.69, 9.17) is 5.11 Å². The molecule has 2 N–H and O–H groups in total. The zero-order chi connectivity index (χ0) is 14.7. The molecule has 0 radical (unpaired) electrons. The minimum Gasteiger partial charge on any atom is -0.480 e. The van der Waals surface area contributed by atoms with Crippen molar-refractivity contribution < 1.29 is 9.90 Å². The molecule has 1 aromatic heterocycles. The van der Waals surface area contributed by atoms with Crippen LogP contribution in [0.3, 0.4) is 0 Å². The van der Waals surface area contributed by atoms with E-state index in [9.17, 15) is 4.79 Å². The molecule has 0 fully saturated rings. The molecule has 2 rings (SSSR count). The Morgan fingerprint density at radius 2 is 2.00 bits per heavy atom. The molecule has 0 aliphatic carbocycles. The Bertz CT molecular complexity index is 605. The van der Waals surface area contributed by atoms with E-state index in [2.05, 4.69) is 10.4 Å². The predicted octanol–water partition coefficient (Wildman–Crippen LogP) is 2.05. The number of aliphatic carboxylic acids is 1. The molecule has 1 heterocycles. The average molecular weight is 273 g/mol. The first-order valence-corrected chi connectivity index (χ1v) is 6.57. The van der Waals surface area contributed by atoms with Crippen molar-refractivity contribution in [2.45, 2.75) is 33.4 Å². The Labute approximate surface area is 118 Å². The van der Waals surface area contributed by atoms with Crippen molar-refractivity contribution in [1.29, 1.82) is 0 Å². The smallest absolute Gasteiger partial charge is 0.320 e. The van der Waals surface area contributed by atoms with Crippen molar-refractivity contribution in [2.24, 2.45) is 0 Å². The highest BCUT2D eigenvalue weighted by atomic mass is 16.4. The average Bonchev–Trinajstić information content (AvgIpc) is 2.72. The number of para-hydroxylation sites is 1. The lowest BCUT2D eigenvalue weighted by atomic mass is 10.2. The van der Waals surface area contributed by atoms with Gasteiger partial charge in [0.05, 0.1) is 11.4 Å². The molecule has 1 aromatic carbocycles. The first-order chi connectivity index (χ1) is 9.50. The van der Waals surface area contributed by atoms with Gasteiger partial charge in [-0.25, -0.2) is 4.68 Å². The lowest BCUT2D eigenvalue weighted by molar-refractivity contribution is -0.139. The number of hydrogen-bond donors (Lipinski definition) is 2. The molecule has 0 saturated carbocycles.